The molecule has 0 bridgehead atoms. The summed E-state index contributed by atoms with van der Waals surface area (Å²) in [5.41, 5.74) is 2.74. The fraction of sp³-hybridized carbons (Fsp3) is 0.0526. The van der Waals surface area contributed by atoms with Crippen molar-refractivity contribution in [1.29, 1.82) is 0 Å². The van der Waals surface area contributed by atoms with Crippen molar-refractivity contribution in [3.8, 4) is 11.5 Å². The Balaban J connectivity index is 2.06. The number of carbonyl (C=O) groups is 1. The fourth-order valence-corrected chi connectivity index (χ4v) is 3.09. The highest BCUT2D eigenvalue weighted by Gasteiger charge is 2.18. The second-order valence-corrected chi connectivity index (χ2v) is 6.00. The highest BCUT2D eigenvalue weighted by molar-refractivity contribution is 6.36. The van der Waals surface area contributed by atoms with Crippen molar-refractivity contribution in [1.82, 2.24) is 4.98 Å². The van der Waals surface area contributed by atoms with Gasteiger partial charge >= 0.3 is 5.97 Å². The zero-order valence-corrected chi connectivity index (χ0v) is 13.5. The van der Waals surface area contributed by atoms with E-state index in [1.807, 2.05) is 43.3 Å². The van der Waals surface area contributed by atoms with Crippen LogP contribution in [0.15, 0.2) is 52.9 Å². The minimum absolute atomic E-state index is 0.115. The monoisotopic (exact) mass is 337 g/mol. The molecule has 1 N–H and O–H groups in total. The lowest BCUT2D eigenvalue weighted by atomic mass is 10.0. The van der Waals surface area contributed by atoms with Gasteiger partial charge in [0.15, 0.2) is 5.76 Å². The third kappa shape index (κ3) is 2.23. The first-order chi connectivity index (χ1) is 11.5. The van der Waals surface area contributed by atoms with E-state index in [0.29, 0.717) is 27.4 Å². The average Bonchev–Trinajstić information content (AvgIpc) is 3.01. The standard InChI is InChI=1S/C19H12ClNO3/c1-10-6-7-13(20)17-12(19(22)23)9-14(21-18(10)17)16-8-11-4-2-3-5-15(11)24-16/h2-9H,1H3,(H,22,23). The van der Waals surface area contributed by atoms with Crippen LogP contribution < -0.4 is 0 Å². The number of hydrogen-bond acceptors (Lipinski definition) is 3. The van der Waals surface area contributed by atoms with E-state index in [0.717, 1.165) is 16.5 Å². The van der Waals surface area contributed by atoms with Gasteiger partial charge in [0.25, 0.3) is 0 Å². The molecule has 0 amide bonds. The van der Waals surface area contributed by atoms with Crippen LogP contribution in [0.25, 0.3) is 33.3 Å². The van der Waals surface area contributed by atoms with Gasteiger partial charge in [0.05, 0.1) is 16.1 Å². The molecule has 4 rings (SSSR count). The maximum atomic E-state index is 11.7. The van der Waals surface area contributed by atoms with E-state index in [1.165, 1.54) is 6.07 Å². The number of furan rings is 1. The van der Waals surface area contributed by atoms with Crippen LogP contribution >= 0.6 is 11.6 Å². The number of carboxylic acids is 1. The minimum atomic E-state index is -1.05. The molecular formula is C19H12ClNO3. The Morgan fingerprint density at radius 2 is 1.96 bits per heavy atom. The van der Waals surface area contributed by atoms with Gasteiger partial charge in [0.2, 0.25) is 0 Å². The van der Waals surface area contributed by atoms with E-state index >= 15 is 0 Å². The maximum Gasteiger partial charge on any atom is 0.336 e. The highest BCUT2D eigenvalue weighted by Crippen LogP contribution is 2.33. The van der Waals surface area contributed by atoms with Crippen molar-refractivity contribution >= 4 is 39.4 Å². The quantitative estimate of drug-likeness (QED) is 0.538. The molecule has 0 spiro atoms. The summed E-state index contributed by atoms with van der Waals surface area (Å²) in [5.74, 6) is -0.521. The Morgan fingerprint density at radius 1 is 1.17 bits per heavy atom. The van der Waals surface area contributed by atoms with Crippen LogP contribution in [0.1, 0.15) is 15.9 Å². The molecule has 2 aromatic heterocycles. The van der Waals surface area contributed by atoms with Gasteiger partial charge < -0.3 is 9.52 Å². The van der Waals surface area contributed by atoms with Gasteiger partial charge in [-0.05, 0) is 36.8 Å². The molecule has 4 aromatic rings. The molecule has 118 valence electrons. The first kappa shape index (κ1) is 14.7. The summed E-state index contributed by atoms with van der Waals surface area (Å²) >= 11 is 6.21. The molecule has 0 radical (unpaired) electrons. The summed E-state index contributed by atoms with van der Waals surface area (Å²) in [6, 6.07) is 14.5. The van der Waals surface area contributed by atoms with Crippen LogP contribution in [-0.4, -0.2) is 16.1 Å². The number of aromatic nitrogens is 1. The summed E-state index contributed by atoms with van der Waals surface area (Å²) in [6.07, 6.45) is 0. The summed E-state index contributed by atoms with van der Waals surface area (Å²) in [4.78, 5) is 16.3. The first-order valence-electron chi connectivity index (χ1n) is 7.36. The Bertz CT molecular complexity index is 1080. The van der Waals surface area contributed by atoms with Gasteiger partial charge in [-0.3, -0.25) is 0 Å². The molecule has 0 unspecified atom stereocenters. The molecule has 0 aliphatic carbocycles. The first-order valence-corrected chi connectivity index (χ1v) is 7.74. The lowest BCUT2D eigenvalue weighted by Gasteiger charge is -2.09. The van der Waals surface area contributed by atoms with Crippen molar-refractivity contribution in [2.75, 3.05) is 0 Å². The Labute approximate surface area is 142 Å². The molecule has 0 aliphatic rings. The van der Waals surface area contributed by atoms with E-state index in [2.05, 4.69) is 4.98 Å². The lowest BCUT2D eigenvalue weighted by molar-refractivity contribution is 0.0699. The number of benzene rings is 2. The van der Waals surface area contributed by atoms with Crippen molar-refractivity contribution in [3.05, 3.63) is 64.7 Å². The van der Waals surface area contributed by atoms with Gasteiger partial charge in [-0.1, -0.05) is 35.9 Å². The molecule has 0 fully saturated rings. The number of carboxylic acid groups (broad SMARTS) is 1. The van der Waals surface area contributed by atoms with Crippen molar-refractivity contribution < 1.29 is 14.3 Å². The number of aromatic carboxylic acids is 1. The SMILES string of the molecule is Cc1ccc(Cl)c2c(C(=O)O)cc(-c3cc4ccccc4o3)nc12. The Morgan fingerprint density at radius 3 is 2.71 bits per heavy atom. The highest BCUT2D eigenvalue weighted by atomic mass is 35.5. The molecule has 2 heterocycles. The molecule has 0 saturated carbocycles. The number of fused-ring (bicyclic) bond motifs is 2. The Hall–Kier alpha value is -2.85. The van der Waals surface area contributed by atoms with E-state index in [9.17, 15) is 9.90 Å². The van der Waals surface area contributed by atoms with E-state index in [1.54, 1.807) is 6.07 Å². The van der Waals surface area contributed by atoms with E-state index < -0.39 is 5.97 Å². The van der Waals surface area contributed by atoms with Gasteiger partial charge in [-0.25, -0.2) is 9.78 Å². The maximum absolute atomic E-state index is 11.7. The predicted octanol–water partition coefficient (Wildman–Crippen LogP) is 5.31. The molecule has 5 heteroatoms. The number of pyridine rings is 1. The number of halogens is 1. The van der Waals surface area contributed by atoms with Gasteiger partial charge in [0, 0.05) is 10.8 Å². The number of nitrogens with zero attached hydrogens (tertiary/aromatic N) is 1. The Kier molecular flexibility index (Phi) is 3.28. The second kappa shape index (κ2) is 5.35. The molecule has 24 heavy (non-hydrogen) atoms. The van der Waals surface area contributed by atoms with Gasteiger partial charge in [-0.15, -0.1) is 0 Å². The third-order valence-electron chi connectivity index (χ3n) is 4.02. The van der Waals surface area contributed by atoms with Crippen molar-refractivity contribution in [2.24, 2.45) is 0 Å². The van der Waals surface area contributed by atoms with Crippen molar-refractivity contribution in [2.45, 2.75) is 6.92 Å². The van der Waals surface area contributed by atoms with Crippen LogP contribution in [0.4, 0.5) is 0 Å². The average molecular weight is 338 g/mol. The van der Waals surface area contributed by atoms with Crippen molar-refractivity contribution in [3.63, 3.8) is 0 Å². The fourth-order valence-electron chi connectivity index (χ4n) is 2.84. The zero-order valence-electron chi connectivity index (χ0n) is 12.7. The van der Waals surface area contributed by atoms with Crippen LogP contribution in [0.3, 0.4) is 0 Å². The number of hydrogen-bond donors (Lipinski definition) is 1. The van der Waals surface area contributed by atoms with Gasteiger partial charge in [-0.2, -0.15) is 0 Å². The van der Waals surface area contributed by atoms with Gasteiger partial charge in [0.1, 0.15) is 11.3 Å². The normalized spacial score (nSPS) is 11.2. The largest absolute Gasteiger partial charge is 0.478 e. The smallest absolute Gasteiger partial charge is 0.336 e. The number of aryl methyl sites for hydroxylation is 1. The molecule has 0 aliphatic heterocycles. The number of rotatable bonds is 2. The molecule has 0 saturated heterocycles. The molecule has 0 atom stereocenters. The van der Waals surface area contributed by atoms with Crippen LogP contribution in [-0.2, 0) is 0 Å². The summed E-state index contributed by atoms with van der Waals surface area (Å²) in [5, 5.41) is 11.4. The molecular weight excluding hydrogens is 326 g/mol. The summed E-state index contributed by atoms with van der Waals surface area (Å²) in [6.45, 7) is 1.87. The summed E-state index contributed by atoms with van der Waals surface area (Å²) < 4.78 is 5.82. The zero-order chi connectivity index (χ0) is 16.8. The van der Waals surface area contributed by atoms with E-state index in [4.69, 9.17) is 16.0 Å². The van der Waals surface area contributed by atoms with Crippen LogP contribution in [0.5, 0.6) is 0 Å². The van der Waals surface area contributed by atoms with Crippen LogP contribution in [0, 0.1) is 6.92 Å². The minimum Gasteiger partial charge on any atom is -0.478 e. The predicted molar refractivity (Wildman–Crippen MR) is 93.7 cm³/mol. The molecule has 4 nitrogen and oxygen atoms in total. The van der Waals surface area contributed by atoms with E-state index in [-0.39, 0.29) is 5.56 Å². The topological polar surface area (TPSA) is 63.3 Å². The molecule has 2 aromatic carbocycles. The van der Waals surface area contributed by atoms with Crippen LogP contribution in [0.2, 0.25) is 5.02 Å². The lowest BCUT2D eigenvalue weighted by Crippen LogP contribution is -2.01. The number of para-hydroxylation sites is 1. The second-order valence-electron chi connectivity index (χ2n) is 5.60. The third-order valence-corrected chi connectivity index (χ3v) is 4.33. The summed E-state index contributed by atoms with van der Waals surface area (Å²) in [7, 11) is 0.